The minimum Gasteiger partial charge on any atom is -0.377 e. The Morgan fingerprint density at radius 3 is 1.17 bits per heavy atom. The molecule has 0 spiro atoms. The highest BCUT2D eigenvalue weighted by molar-refractivity contribution is 7.92. The zero-order valence-corrected chi connectivity index (χ0v) is 29.0. The number of unbranched alkanes of at least 4 members (excludes halogenated alkanes) is 4. The summed E-state index contributed by atoms with van der Waals surface area (Å²) in [5.74, 6) is 0. The molecule has 10 nitrogen and oxygen atoms in total. The maximum atomic E-state index is 14.9. The van der Waals surface area contributed by atoms with Crippen LogP contribution in [0.2, 0.25) is 0 Å². The summed E-state index contributed by atoms with van der Waals surface area (Å²) >= 11 is 0. The zero-order chi connectivity index (χ0) is 33.5. The van der Waals surface area contributed by atoms with Gasteiger partial charge in [-0.15, -0.1) is 8.83 Å². The summed E-state index contributed by atoms with van der Waals surface area (Å²) < 4.78 is 61.6. The van der Waals surface area contributed by atoms with Gasteiger partial charge in [-0.1, -0.05) is 61.4 Å². The van der Waals surface area contributed by atoms with Crippen molar-refractivity contribution in [3.63, 3.8) is 0 Å². The lowest BCUT2D eigenvalue weighted by Gasteiger charge is -2.34. The van der Waals surface area contributed by atoms with Gasteiger partial charge in [0, 0.05) is 74.2 Å². The van der Waals surface area contributed by atoms with Gasteiger partial charge >= 0.3 is 0 Å². The molecule has 0 bridgehead atoms. The predicted molar refractivity (Wildman–Crippen MR) is 190 cm³/mol. The number of hydrogen-bond acceptors (Lipinski definition) is 8. The van der Waals surface area contributed by atoms with Crippen molar-refractivity contribution < 1.29 is 16.8 Å². The molecule has 0 aliphatic heterocycles. The van der Waals surface area contributed by atoms with E-state index in [0.717, 1.165) is 31.0 Å². The highest BCUT2D eigenvalue weighted by atomic mass is 32.2. The van der Waals surface area contributed by atoms with E-state index in [4.69, 9.17) is 11.5 Å². The highest BCUT2D eigenvalue weighted by Crippen LogP contribution is 2.36. The van der Waals surface area contributed by atoms with Crippen LogP contribution < -0.4 is 21.3 Å². The molecule has 0 amide bonds. The van der Waals surface area contributed by atoms with Crippen LogP contribution in [-0.4, -0.2) is 80.0 Å². The third-order valence-corrected chi connectivity index (χ3v) is 11.9. The van der Waals surface area contributed by atoms with E-state index >= 15 is 0 Å². The molecule has 0 heterocycles. The van der Waals surface area contributed by atoms with E-state index in [9.17, 15) is 16.8 Å². The summed E-state index contributed by atoms with van der Waals surface area (Å²) in [6.45, 7) is 0.898. The Balaban J connectivity index is 1.94. The number of benzene rings is 4. The van der Waals surface area contributed by atoms with Gasteiger partial charge in [-0.25, -0.2) is 16.8 Å². The van der Waals surface area contributed by atoms with Gasteiger partial charge in [0.25, 0.3) is 20.0 Å². The second kappa shape index (κ2) is 15.6. The lowest BCUT2D eigenvalue weighted by atomic mass is 10.1. The van der Waals surface area contributed by atoms with Gasteiger partial charge in [0.15, 0.2) is 0 Å². The fraction of sp³-hybridized carbons (Fsp3) is 0.412. The Labute approximate surface area is 274 Å². The van der Waals surface area contributed by atoms with Crippen molar-refractivity contribution in [2.45, 2.75) is 48.3 Å². The van der Waals surface area contributed by atoms with Crippen LogP contribution in [0.3, 0.4) is 0 Å². The van der Waals surface area contributed by atoms with Gasteiger partial charge < -0.3 is 21.3 Å². The maximum absolute atomic E-state index is 14.9. The fourth-order valence-electron chi connectivity index (χ4n) is 5.83. The van der Waals surface area contributed by atoms with Gasteiger partial charge in [0.2, 0.25) is 0 Å². The average Bonchev–Trinajstić information content (AvgIpc) is 3.03. The predicted octanol–water partition coefficient (Wildman–Crippen LogP) is 4.98. The number of anilines is 2. The minimum absolute atomic E-state index is 0.0179. The summed E-state index contributed by atoms with van der Waals surface area (Å²) in [6.07, 6.45) is 3.61. The molecule has 0 unspecified atom stereocenters. The minimum atomic E-state index is -4.37. The van der Waals surface area contributed by atoms with Crippen LogP contribution in [0.1, 0.15) is 38.5 Å². The number of rotatable bonds is 17. The Bertz CT molecular complexity index is 1710. The van der Waals surface area contributed by atoms with E-state index in [-0.39, 0.29) is 22.9 Å². The summed E-state index contributed by atoms with van der Waals surface area (Å²) in [7, 11) is -1.12. The smallest absolute Gasteiger partial charge is 0.257 e. The van der Waals surface area contributed by atoms with Crippen molar-refractivity contribution in [2.75, 3.05) is 64.2 Å². The molecule has 0 saturated heterocycles. The molecular weight excluding hydrogens is 621 g/mol. The Hall–Kier alpha value is -3.26. The molecule has 0 saturated carbocycles. The lowest BCUT2D eigenvalue weighted by molar-refractivity contribution is 0.156. The molecule has 250 valence electrons. The summed E-state index contributed by atoms with van der Waals surface area (Å²) in [6, 6.07) is 21.4. The highest BCUT2D eigenvalue weighted by Gasteiger charge is 2.39. The molecule has 0 fully saturated rings. The summed E-state index contributed by atoms with van der Waals surface area (Å²) in [5, 5.41) is 2.59. The Kier molecular flexibility index (Phi) is 12.0. The second-order valence-electron chi connectivity index (χ2n) is 11.8. The maximum Gasteiger partial charge on any atom is 0.257 e. The van der Waals surface area contributed by atoms with Gasteiger partial charge in [0.1, 0.15) is 0 Å². The van der Waals surface area contributed by atoms with E-state index in [1.54, 1.807) is 36.4 Å². The van der Waals surface area contributed by atoms with Crippen LogP contribution >= 0.6 is 0 Å². The molecule has 4 N–H and O–H groups in total. The van der Waals surface area contributed by atoms with Crippen LogP contribution in [0.25, 0.3) is 21.5 Å². The molecule has 0 aliphatic rings. The molecule has 12 heteroatoms. The second-order valence-corrected chi connectivity index (χ2v) is 15.5. The van der Waals surface area contributed by atoms with E-state index in [1.807, 2.05) is 74.4 Å². The molecule has 0 aromatic heterocycles. The largest absolute Gasteiger partial charge is 0.377 e. The first-order chi connectivity index (χ1) is 22.0. The van der Waals surface area contributed by atoms with Crippen LogP contribution in [0.5, 0.6) is 0 Å². The number of sulfonamides is 2. The van der Waals surface area contributed by atoms with Gasteiger partial charge in [-0.2, -0.15) is 0 Å². The number of nitrogens with two attached hydrogens (primary N) is 2. The van der Waals surface area contributed by atoms with E-state index in [0.29, 0.717) is 62.4 Å². The van der Waals surface area contributed by atoms with Gasteiger partial charge in [0.05, 0.1) is 9.79 Å². The first kappa shape index (κ1) is 35.6. The third-order valence-electron chi connectivity index (χ3n) is 8.15. The molecule has 4 rings (SSSR count). The van der Waals surface area contributed by atoms with E-state index in [1.165, 1.54) is 0 Å². The van der Waals surface area contributed by atoms with Crippen molar-refractivity contribution in [3.8, 4) is 0 Å². The first-order valence-corrected chi connectivity index (χ1v) is 18.7. The molecule has 0 atom stereocenters. The van der Waals surface area contributed by atoms with Gasteiger partial charge in [-0.3, -0.25) is 0 Å². The van der Waals surface area contributed by atoms with Gasteiger partial charge in [-0.05, 0) is 63.0 Å². The Morgan fingerprint density at radius 2 is 0.826 bits per heavy atom. The molecule has 0 radical (unpaired) electrons. The van der Waals surface area contributed by atoms with Crippen molar-refractivity contribution in [1.29, 1.82) is 0 Å². The van der Waals surface area contributed by atoms with Crippen molar-refractivity contribution in [1.82, 2.24) is 8.83 Å². The molecule has 0 aliphatic carbocycles. The average molecular weight is 669 g/mol. The summed E-state index contributed by atoms with van der Waals surface area (Å²) in [4.78, 5) is 3.98. The monoisotopic (exact) mass is 668 g/mol. The third kappa shape index (κ3) is 7.48. The van der Waals surface area contributed by atoms with Crippen LogP contribution in [0, 0.1) is 0 Å². The van der Waals surface area contributed by atoms with Crippen LogP contribution in [-0.2, 0) is 20.0 Å². The fourth-order valence-corrected chi connectivity index (χ4v) is 9.60. The number of nitrogens with zero attached hydrogens (tertiary/aromatic N) is 4. The van der Waals surface area contributed by atoms with Crippen LogP contribution in [0.4, 0.5) is 11.4 Å². The standard InChI is InChI=1S/C34H48N6O4S2/c1-37(2)31-19-11-17-29-27(31)15-13-21-33(29)45(41,42)39(25-9-5-7-23-35)40(26-10-6-8-24-36)46(43,44)34-22-14-16-28-30(34)18-12-20-32(28)38(3)4/h11-22H,5-10,23-26,35-36H2,1-4H3. The van der Waals surface area contributed by atoms with Crippen molar-refractivity contribution in [3.05, 3.63) is 72.8 Å². The number of hydrazine groups is 1. The quantitative estimate of drug-likeness (QED) is 0.119. The number of fused-ring (bicyclic) bond motifs is 2. The molecule has 4 aromatic rings. The van der Waals surface area contributed by atoms with Crippen molar-refractivity contribution >= 4 is 53.0 Å². The molecule has 46 heavy (non-hydrogen) atoms. The topological polar surface area (TPSA) is 133 Å². The lowest BCUT2D eigenvalue weighted by Crippen LogP contribution is -2.50. The SMILES string of the molecule is CN(C)c1cccc2c(S(=O)(=O)N(CCCCCN)N(CCCCCN)S(=O)(=O)c3cccc4c(N(C)C)cccc34)cccc12. The van der Waals surface area contributed by atoms with E-state index < -0.39 is 20.0 Å². The zero-order valence-electron chi connectivity index (χ0n) is 27.4. The summed E-state index contributed by atoms with van der Waals surface area (Å²) in [5.41, 5.74) is 13.2. The first-order valence-electron chi connectivity index (χ1n) is 15.8. The number of hydrogen-bond donors (Lipinski definition) is 2. The molecular formula is C34H48N6O4S2. The Morgan fingerprint density at radius 1 is 0.478 bits per heavy atom. The van der Waals surface area contributed by atoms with Crippen LogP contribution in [0.15, 0.2) is 82.6 Å². The van der Waals surface area contributed by atoms with Crippen molar-refractivity contribution in [2.24, 2.45) is 11.5 Å². The van der Waals surface area contributed by atoms with E-state index in [2.05, 4.69) is 0 Å². The molecule has 4 aromatic carbocycles. The normalized spacial score (nSPS) is 12.4.